The molecule has 0 bridgehead atoms. The molecule has 0 amide bonds. The number of hydrogen-bond donors (Lipinski definition) is 0. The van der Waals surface area contributed by atoms with Crippen LogP contribution in [0, 0.1) is 11.8 Å². The van der Waals surface area contributed by atoms with Crippen molar-refractivity contribution in [3.63, 3.8) is 0 Å². The van der Waals surface area contributed by atoms with E-state index >= 15 is 0 Å². The largest absolute Gasteiger partial charge is 0.509 e. The Labute approximate surface area is 73.0 Å². The lowest BCUT2D eigenvalue weighted by atomic mass is 10.2. The van der Waals surface area contributed by atoms with Gasteiger partial charge in [0.15, 0.2) is 6.61 Å². The lowest BCUT2D eigenvalue weighted by molar-refractivity contribution is -0.00163. The van der Waals surface area contributed by atoms with Gasteiger partial charge in [0.25, 0.3) is 0 Å². The van der Waals surface area contributed by atoms with Crippen LogP contribution in [0.5, 0.6) is 0 Å². The number of carbonyl (C=O) groups is 1. The molecule has 12 heavy (non-hydrogen) atoms. The summed E-state index contributed by atoms with van der Waals surface area (Å²) in [6.45, 7) is 7.10. The predicted octanol–water partition coefficient (Wildman–Crippen LogP) is 1.96. The van der Waals surface area contributed by atoms with Crippen LogP contribution in [-0.2, 0) is 9.47 Å². The predicted molar refractivity (Wildman–Crippen MR) is 45.6 cm³/mol. The van der Waals surface area contributed by atoms with Gasteiger partial charge in [0, 0.05) is 0 Å². The zero-order chi connectivity index (χ0) is 9.61. The Morgan fingerprint density at radius 2 is 2.00 bits per heavy atom. The molecule has 3 heteroatoms. The summed E-state index contributed by atoms with van der Waals surface area (Å²) in [4.78, 5) is 10.8. The van der Waals surface area contributed by atoms with Gasteiger partial charge < -0.3 is 9.47 Å². The minimum Gasteiger partial charge on any atom is -0.429 e. The summed E-state index contributed by atoms with van der Waals surface area (Å²) in [6, 6.07) is 0. The first-order valence-electron chi connectivity index (χ1n) is 3.71. The van der Waals surface area contributed by atoms with Crippen molar-refractivity contribution in [2.75, 3.05) is 6.61 Å². The minimum atomic E-state index is -0.676. The van der Waals surface area contributed by atoms with Gasteiger partial charge in [0.2, 0.25) is 0 Å². The second-order valence-corrected chi connectivity index (χ2v) is 3.18. The van der Waals surface area contributed by atoms with Crippen molar-refractivity contribution in [2.24, 2.45) is 0 Å². The van der Waals surface area contributed by atoms with Gasteiger partial charge in [-0.3, -0.25) is 0 Å². The average Bonchev–Trinajstić information content (AvgIpc) is 1.84. The molecule has 0 aliphatic carbocycles. The van der Waals surface area contributed by atoms with E-state index in [-0.39, 0.29) is 6.61 Å². The molecule has 0 saturated heterocycles. The molecule has 0 aromatic carbocycles. The Hall–Kier alpha value is -1.17. The molecule has 3 nitrogen and oxygen atoms in total. The van der Waals surface area contributed by atoms with E-state index in [1.165, 1.54) is 0 Å². The van der Waals surface area contributed by atoms with Gasteiger partial charge in [-0.05, 0) is 27.7 Å². The zero-order valence-corrected chi connectivity index (χ0v) is 7.93. The fourth-order valence-electron chi connectivity index (χ4n) is 0.447. The quantitative estimate of drug-likeness (QED) is 0.445. The van der Waals surface area contributed by atoms with Gasteiger partial charge in [-0.15, -0.1) is 5.92 Å². The maximum absolute atomic E-state index is 10.8. The molecule has 0 unspecified atom stereocenters. The summed E-state index contributed by atoms with van der Waals surface area (Å²) >= 11 is 0. The Bertz CT molecular complexity index is 202. The normalized spacial score (nSPS) is 9.67. The molecule has 0 aromatic heterocycles. The number of rotatable bonds is 1. The standard InChI is InChI=1S/C9H14O3/c1-5-6-7-11-8(10)12-9(2,3)4/h7H2,1-4H3. The lowest BCUT2D eigenvalue weighted by Gasteiger charge is -2.18. The molecule has 0 atom stereocenters. The molecule has 0 radical (unpaired) electrons. The van der Waals surface area contributed by atoms with Gasteiger partial charge in [0.1, 0.15) is 5.60 Å². The van der Waals surface area contributed by atoms with E-state index in [0.717, 1.165) is 0 Å². The molecular weight excluding hydrogens is 156 g/mol. The molecule has 0 rings (SSSR count). The molecule has 0 aromatic rings. The van der Waals surface area contributed by atoms with Crippen LogP contribution in [0.2, 0.25) is 0 Å². The van der Waals surface area contributed by atoms with Crippen molar-refractivity contribution in [1.29, 1.82) is 0 Å². The van der Waals surface area contributed by atoms with Crippen LogP contribution in [0.3, 0.4) is 0 Å². The Balaban J connectivity index is 3.66. The Kier molecular flexibility index (Phi) is 4.20. The molecule has 0 spiro atoms. The number of hydrogen-bond acceptors (Lipinski definition) is 3. The van der Waals surface area contributed by atoms with Crippen molar-refractivity contribution in [3.05, 3.63) is 0 Å². The second kappa shape index (κ2) is 4.66. The molecule has 0 N–H and O–H groups in total. The fourth-order valence-corrected chi connectivity index (χ4v) is 0.447. The smallest absolute Gasteiger partial charge is 0.429 e. The first-order chi connectivity index (χ1) is 5.45. The molecular formula is C9H14O3. The second-order valence-electron chi connectivity index (χ2n) is 3.18. The van der Waals surface area contributed by atoms with Crippen LogP contribution in [0.25, 0.3) is 0 Å². The summed E-state index contributed by atoms with van der Waals surface area (Å²) < 4.78 is 9.48. The topological polar surface area (TPSA) is 35.5 Å². The fraction of sp³-hybridized carbons (Fsp3) is 0.667. The monoisotopic (exact) mass is 170 g/mol. The number of ether oxygens (including phenoxy) is 2. The van der Waals surface area contributed by atoms with Crippen molar-refractivity contribution in [3.8, 4) is 11.8 Å². The average molecular weight is 170 g/mol. The molecule has 0 heterocycles. The summed E-state index contributed by atoms with van der Waals surface area (Å²) in [5.74, 6) is 5.19. The molecule has 0 saturated carbocycles. The van der Waals surface area contributed by atoms with Gasteiger partial charge in [0.05, 0.1) is 0 Å². The molecule has 0 aliphatic heterocycles. The molecule has 0 aliphatic rings. The number of carbonyl (C=O) groups excluding carboxylic acids is 1. The third kappa shape index (κ3) is 6.94. The third-order valence-electron chi connectivity index (χ3n) is 0.828. The molecule has 68 valence electrons. The van der Waals surface area contributed by atoms with Crippen molar-refractivity contribution < 1.29 is 14.3 Å². The highest BCUT2D eigenvalue weighted by Gasteiger charge is 2.16. The van der Waals surface area contributed by atoms with Crippen LogP contribution >= 0.6 is 0 Å². The van der Waals surface area contributed by atoms with E-state index in [1.807, 2.05) is 0 Å². The van der Waals surface area contributed by atoms with Gasteiger partial charge in [-0.1, -0.05) is 5.92 Å². The van der Waals surface area contributed by atoms with E-state index in [4.69, 9.17) is 4.74 Å². The summed E-state index contributed by atoms with van der Waals surface area (Å²) in [6.07, 6.45) is -0.676. The van der Waals surface area contributed by atoms with Crippen molar-refractivity contribution in [1.82, 2.24) is 0 Å². The van der Waals surface area contributed by atoms with E-state index in [1.54, 1.807) is 27.7 Å². The van der Waals surface area contributed by atoms with Crippen molar-refractivity contribution >= 4 is 6.16 Å². The maximum atomic E-state index is 10.8. The van der Waals surface area contributed by atoms with Gasteiger partial charge in [-0.25, -0.2) is 4.79 Å². The highest BCUT2D eigenvalue weighted by Crippen LogP contribution is 2.07. The van der Waals surface area contributed by atoms with Crippen molar-refractivity contribution in [2.45, 2.75) is 33.3 Å². The summed E-state index contributed by atoms with van der Waals surface area (Å²) in [5, 5.41) is 0. The van der Waals surface area contributed by atoms with E-state index in [2.05, 4.69) is 16.6 Å². The summed E-state index contributed by atoms with van der Waals surface area (Å²) in [7, 11) is 0. The molecule has 0 fully saturated rings. The van der Waals surface area contributed by atoms with Crippen LogP contribution in [-0.4, -0.2) is 18.4 Å². The minimum absolute atomic E-state index is 0.0887. The van der Waals surface area contributed by atoms with Crippen LogP contribution in [0.1, 0.15) is 27.7 Å². The third-order valence-corrected chi connectivity index (χ3v) is 0.828. The SMILES string of the molecule is CC#CCOC(=O)OC(C)(C)C. The highest BCUT2D eigenvalue weighted by atomic mass is 16.7. The van der Waals surface area contributed by atoms with Gasteiger partial charge >= 0.3 is 6.16 Å². The highest BCUT2D eigenvalue weighted by molar-refractivity contribution is 5.60. The Morgan fingerprint density at radius 3 is 2.42 bits per heavy atom. The van der Waals surface area contributed by atoms with Crippen LogP contribution < -0.4 is 0 Å². The van der Waals surface area contributed by atoms with Crippen LogP contribution in [0.4, 0.5) is 4.79 Å². The zero-order valence-electron chi connectivity index (χ0n) is 7.93. The van der Waals surface area contributed by atoms with E-state index in [0.29, 0.717) is 0 Å². The first-order valence-corrected chi connectivity index (χ1v) is 3.71. The summed E-state index contributed by atoms with van der Waals surface area (Å²) in [5.41, 5.74) is -0.503. The van der Waals surface area contributed by atoms with E-state index < -0.39 is 11.8 Å². The Morgan fingerprint density at radius 1 is 1.42 bits per heavy atom. The lowest BCUT2D eigenvalue weighted by Crippen LogP contribution is -2.24. The first kappa shape index (κ1) is 10.8. The maximum Gasteiger partial charge on any atom is 0.509 e. The van der Waals surface area contributed by atoms with Gasteiger partial charge in [-0.2, -0.15) is 0 Å². The van der Waals surface area contributed by atoms with Crippen LogP contribution in [0.15, 0.2) is 0 Å². The van der Waals surface area contributed by atoms with E-state index in [9.17, 15) is 4.79 Å².